The van der Waals surface area contributed by atoms with Crippen LogP contribution in [0, 0.1) is 6.92 Å². The van der Waals surface area contributed by atoms with Gasteiger partial charge in [0, 0.05) is 16.7 Å². The molecular formula is C31H35Cl2OSiZr. The van der Waals surface area contributed by atoms with Gasteiger partial charge in [-0.15, -0.1) is 34.5 Å². The molecule has 1 aromatic heterocycles. The van der Waals surface area contributed by atoms with Crippen LogP contribution in [-0.2, 0) is 32.6 Å². The molecule has 1 unspecified atom stereocenters. The van der Waals surface area contributed by atoms with Crippen molar-refractivity contribution in [1.82, 2.24) is 0 Å². The first-order valence-corrected chi connectivity index (χ1v) is 15.5. The maximum absolute atomic E-state index is 5.22. The largest absolute Gasteiger partial charge is 3.00 e. The fourth-order valence-corrected chi connectivity index (χ4v) is 10.6. The zero-order valence-corrected chi connectivity index (χ0v) is 26.9. The molecule has 0 saturated heterocycles. The molecule has 1 atom stereocenters. The van der Waals surface area contributed by atoms with Crippen molar-refractivity contribution < 1.29 is 55.4 Å². The predicted octanol–water partition coefficient (Wildman–Crippen LogP) is 3.22. The van der Waals surface area contributed by atoms with Crippen LogP contribution in [0.4, 0.5) is 0 Å². The summed E-state index contributed by atoms with van der Waals surface area (Å²) in [5.41, 5.74) is 10.8. The van der Waals surface area contributed by atoms with E-state index in [-0.39, 0.29) is 51.0 Å². The minimum absolute atomic E-state index is 0. The minimum Gasteiger partial charge on any atom is -1.00 e. The van der Waals surface area contributed by atoms with E-state index >= 15 is 0 Å². The summed E-state index contributed by atoms with van der Waals surface area (Å²) in [6.45, 7) is 11.6. The van der Waals surface area contributed by atoms with Crippen molar-refractivity contribution in [3.05, 3.63) is 95.0 Å². The molecule has 1 radical (unpaired) electrons. The van der Waals surface area contributed by atoms with Gasteiger partial charge in [-0.2, -0.15) is 6.07 Å². The van der Waals surface area contributed by atoms with Gasteiger partial charge < -0.3 is 29.2 Å². The Morgan fingerprint density at radius 2 is 1.64 bits per heavy atom. The number of benzene rings is 2. The molecule has 0 amide bonds. The molecule has 1 aliphatic carbocycles. The third-order valence-electron chi connectivity index (χ3n) is 7.69. The number of allylic oxidation sites excluding steroid dienone is 1. The van der Waals surface area contributed by atoms with E-state index in [4.69, 9.17) is 4.42 Å². The molecule has 0 N–H and O–H groups in total. The third-order valence-corrected chi connectivity index (χ3v) is 11.8. The van der Waals surface area contributed by atoms with Crippen LogP contribution in [0.3, 0.4) is 0 Å². The number of hydrogen-bond donors (Lipinski definition) is 0. The molecule has 0 saturated carbocycles. The van der Waals surface area contributed by atoms with Gasteiger partial charge in [0.25, 0.3) is 0 Å². The number of furan rings is 1. The van der Waals surface area contributed by atoms with E-state index in [1.807, 2.05) is 12.5 Å². The number of hydrogen-bond acceptors (Lipinski definition) is 1. The summed E-state index contributed by atoms with van der Waals surface area (Å²) in [4.78, 5) is 0. The Hall–Kier alpha value is -1.25. The van der Waals surface area contributed by atoms with E-state index < -0.39 is 8.07 Å². The van der Waals surface area contributed by atoms with Crippen LogP contribution in [0.5, 0.6) is 0 Å². The van der Waals surface area contributed by atoms with E-state index in [1.54, 1.807) is 10.8 Å². The first-order chi connectivity index (χ1) is 15.9. The van der Waals surface area contributed by atoms with Crippen LogP contribution in [0.1, 0.15) is 60.9 Å². The number of rotatable bonds is 5. The van der Waals surface area contributed by atoms with Gasteiger partial charge in [0.1, 0.15) is 0 Å². The second-order valence-electron chi connectivity index (χ2n) is 10.4. The summed E-state index contributed by atoms with van der Waals surface area (Å²) >= 11 is 0. The number of unbranched alkanes of at least 4 members (excludes halogenated alkanes) is 2. The Morgan fingerprint density at radius 1 is 0.917 bits per heavy atom. The van der Waals surface area contributed by atoms with Crippen molar-refractivity contribution in [2.75, 3.05) is 0 Å². The third kappa shape index (κ3) is 5.46. The Kier molecular flexibility index (Phi) is 10.8. The molecular weight excluding hydrogens is 579 g/mol. The van der Waals surface area contributed by atoms with Crippen molar-refractivity contribution in [1.29, 1.82) is 0 Å². The Bertz CT molecular complexity index is 1330. The smallest absolute Gasteiger partial charge is 1.00 e. The van der Waals surface area contributed by atoms with E-state index in [2.05, 4.69) is 88.5 Å². The molecule has 0 fully saturated rings. The zero-order chi connectivity index (χ0) is 23.2. The molecule has 5 heteroatoms. The average Bonchev–Trinajstić information content (AvgIpc) is 3.51. The molecule has 0 spiro atoms. The monoisotopic (exact) mass is 611 g/mol. The zero-order valence-electron chi connectivity index (χ0n) is 21.9. The van der Waals surface area contributed by atoms with Gasteiger partial charge in [0.2, 0.25) is 0 Å². The van der Waals surface area contributed by atoms with E-state index in [1.165, 1.54) is 69.8 Å². The first-order valence-electron chi connectivity index (χ1n) is 12.4. The fourth-order valence-electron chi connectivity index (χ4n) is 6.24. The summed E-state index contributed by atoms with van der Waals surface area (Å²) in [6, 6.07) is 20.3. The average molecular weight is 614 g/mol. The topological polar surface area (TPSA) is 13.1 Å². The number of halogens is 2. The van der Waals surface area contributed by atoms with Crippen molar-refractivity contribution in [2.45, 2.75) is 65.1 Å². The SMILES string of the molecule is CC1=C2c3cocc3C1[Si]2(C)C.CCCCCc1ccc(-c2cccc3[cH-]c(C)cc23)cc1.[Cl-].[Cl-].[Zr+3]. The summed E-state index contributed by atoms with van der Waals surface area (Å²) in [5, 5.41) is 4.38. The maximum atomic E-state index is 5.22. The van der Waals surface area contributed by atoms with Crippen LogP contribution < -0.4 is 24.8 Å². The first kappa shape index (κ1) is 31.0. The molecule has 1 nitrogen and oxygen atoms in total. The van der Waals surface area contributed by atoms with Crippen LogP contribution in [0.15, 0.2) is 77.1 Å². The quantitative estimate of drug-likeness (QED) is 0.192. The van der Waals surface area contributed by atoms with Crippen LogP contribution in [0.2, 0.25) is 13.1 Å². The number of aryl methyl sites for hydroxylation is 2. The summed E-state index contributed by atoms with van der Waals surface area (Å²) in [7, 11) is -1.04. The molecule has 4 aromatic rings. The van der Waals surface area contributed by atoms with E-state index in [0.717, 1.165) is 5.54 Å². The normalized spacial score (nSPS) is 16.1. The molecule has 7 rings (SSSR count). The van der Waals surface area contributed by atoms with Crippen LogP contribution >= 0.6 is 0 Å². The Balaban J connectivity index is 0.000000261. The summed E-state index contributed by atoms with van der Waals surface area (Å²) < 4.78 is 5.22. The van der Waals surface area contributed by atoms with Gasteiger partial charge in [-0.3, -0.25) is 0 Å². The molecule has 2 bridgehead atoms. The maximum Gasteiger partial charge on any atom is 3.00 e. The fraction of sp³-hybridized carbons (Fsp3) is 0.323. The van der Waals surface area contributed by atoms with Crippen molar-refractivity contribution in [2.24, 2.45) is 0 Å². The Morgan fingerprint density at radius 3 is 2.28 bits per heavy atom. The summed E-state index contributed by atoms with van der Waals surface area (Å²) in [6.07, 6.45) is 8.99. The summed E-state index contributed by atoms with van der Waals surface area (Å²) in [5.74, 6) is 0. The van der Waals surface area contributed by atoms with Gasteiger partial charge >= 0.3 is 26.2 Å². The van der Waals surface area contributed by atoms with Crippen LogP contribution in [-0.4, -0.2) is 8.07 Å². The van der Waals surface area contributed by atoms with E-state index in [0.29, 0.717) is 0 Å². The second-order valence-corrected chi connectivity index (χ2v) is 15.0. The van der Waals surface area contributed by atoms with Gasteiger partial charge in [-0.25, -0.2) is 0 Å². The van der Waals surface area contributed by atoms with Crippen molar-refractivity contribution in [3.8, 4) is 11.1 Å². The van der Waals surface area contributed by atoms with Gasteiger partial charge in [0.05, 0.1) is 20.6 Å². The van der Waals surface area contributed by atoms with Crippen molar-refractivity contribution in [3.63, 3.8) is 0 Å². The molecule has 3 heterocycles. The van der Waals surface area contributed by atoms with Gasteiger partial charge in [-0.1, -0.05) is 81.3 Å². The molecule has 36 heavy (non-hydrogen) atoms. The van der Waals surface area contributed by atoms with Gasteiger partial charge in [0.15, 0.2) is 0 Å². The predicted molar refractivity (Wildman–Crippen MR) is 144 cm³/mol. The van der Waals surface area contributed by atoms with Crippen molar-refractivity contribution >= 4 is 24.0 Å². The van der Waals surface area contributed by atoms with E-state index in [9.17, 15) is 0 Å². The number of fused-ring (bicyclic) bond motifs is 1. The molecule has 3 aromatic carbocycles. The van der Waals surface area contributed by atoms with Gasteiger partial charge in [-0.05, 0) is 36.1 Å². The van der Waals surface area contributed by atoms with Crippen LogP contribution in [0.25, 0.3) is 27.1 Å². The molecule has 187 valence electrons. The standard InChI is InChI=1S/C21H23.C10H12OSi.2ClH.Zr/c1-3-4-5-7-17-10-12-18(13-11-17)20-9-6-8-19-14-16(2)15-21(19)20;1-6-9-7-4-11-5-8(7)10(6)12(9,2)3;;;/h6,8-15H,3-5,7H2,1-2H3;4-5,9H,1-3H3;2*1H;/q-1;;;;+3/p-2. The molecule has 3 aliphatic rings. The molecule has 2 aliphatic heterocycles. The minimum atomic E-state index is -1.04. The Labute approximate surface area is 249 Å². The second kappa shape index (κ2) is 12.5.